The van der Waals surface area contributed by atoms with Crippen LogP contribution < -0.4 is 9.64 Å². The van der Waals surface area contributed by atoms with Crippen molar-refractivity contribution in [1.29, 1.82) is 0 Å². The Kier molecular flexibility index (Phi) is 6.60. The van der Waals surface area contributed by atoms with Crippen molar-refractivity contribution in [2.24, 2.45) is 0 Å². The number of anilines is 1. The second-order valence-electron chi connectivity index (χ2n) is 11.2. The molecule has 9 nitrogen and oxygen atoms in total. The van der Waals surface area contributed by atoms with Gasteiger partial charge in [0.25, 0.3) is 0 Å². The molecule has 0 radical (unpaired) electrons. The highest BCUT2D eigenvalue weighted by Crippen LogP contribution is 2.55. The number of nitrogens with zero attached hydrogens (tertiary/aromatic N) is 2. The summed E-state index contributed by atoms with van der Waals surface area (Å²) in [6, 6.07) is 15.2. The number of benzene rings is 2. The molecule has 0 spiro atoms. The Balaban J connectivity index is 1.94. The summed E-state index contributed by atoms with van der Waals surface area (Å²) >= 11 is 0. The van der Waals surface area contributed by atoms with Gasteiger partial charge in [0.15, 0.2) is 11.8 Å². The number of amides is 2. The Morgan fingerprint density at radius 2 is 1.41 bits per heavy atom. The van der Waals surface area contributed by atoms with Crippen LogP contribution in [-0.2, 0) is 24.6 Å². The van der Waals surface area contributed by atoms with Crippen LogP contribution in [0.1, 0.15) is 53.5 Å². The molecule has 9 heteroatoms. The molecule has 198 valence electrons. The molecule has 2 amide bonds. The molecule has 3 atom stereocenters. The number of fused-ring (bicyclic) bond motifs is 3. The van der Waals surface area contributed by atoms with E-state index in [4.69, 9.17) is 18.9 Å². The van der Waals surface area contributed by atoms with Gasteiger partial charge in [-0.25, -0.2) is 14.4 Å². The summed E-state index contributed by atoms with van der Waals surface area (Å²) in [5.41, 5.74) is -1.80. The third-order valence-electron chi connectivity index (χ3n) is 6.09. The zero-order valence-electron chi connectivity index (χ0n) is 22.3. The van der Waals surface area contributed by atoms with E-state index in [-0.39, 0.29) is 6.42 Å². The van der Waals surface area contributed by atoms with Gasteiger partial charge in [0.2, 0.25) is 0 Å². The van der Waals surface area contributed by atoms with Crippen LogP contribution in [0.15, 0.2) is 54.6 Å². The van der Waals surface area contributed by atoms with Gasteiger partial charge < -0.3 is 18.9 Å². The van der Waals surface area contributed by atoms with Gasteiger partial charge in [-0.2, -0.15) is 0 Å². The molecule has 1 fully saturated rings. The minimum Gasteiger partial charge on any atom is -0.478 e. The molecule has 0 unspecified atom stereocenters. The number of likely N-dealkylation sites (tertiary alicyclic amines) is 1. The fourth-order valence-electron chi connectivity index (χ4n) is 4.87. The zero-order valence-corrected chi connectivity index (χ0v) is 22.3. The molecule has 2 aliphatic rings. The number of para-hydroxylation sites is 2. The summed E-state index contributed by atoms with van der Waals surface area (Å²) in [6.07, 6.45) is -2.50. The fraction of sp³-hybridized carbons (Fsp3) is 0.464. The molecule has 4 rings (SSSR count). The zero-order chi connectivity index (χ0) is 27.2. The van der Waals surface area contributed by atoms with Crippen molar-refractivity contribution in [3.8, 4) is 5.75 Å². The second-order valence-corrected chi connectivity index (χ2v) is 11.2. The number of esters is 1. The quantitative estimate of drug-likeness (QED) is 0.412. The minimum atomic E-state index is -1.30. The SMILES string of the molecule is COC(=O)[C@H]1C[C@@]2(Oc3ccccc3)c3ccccc3N(C(=O)OC(C)(C)C)[C@H]2N1C(=O)OC(C)(C)C. The lowest BCUT2D eigenvalue weighted by Crippen LogP contribution is -2.58. The van der Waals surface area contributed by atoms with Crippen LogP contribution in [0, 0.1) is 0 Å². The van der Waals surface area contributed by atoms with Gasteiger partial charge in [-0.1, -0.05) is 36.4 Å². The maximum atomic E-state index is 13.7. The molecule has 1 saturated heterocycles. The molecular formula is C28H34N2O7. The van der Waals surface area contributed by atoms with Crippen molar-refractivity contribution in [2.75, 3.05) is 12.0 Å². The number of carbonyl (C=O) groups is 3. The van der Waals surface area contributed by atoms with E-state index in [0.29, 0.717) is 17.0 Å². The van der Waals surface area contributed by atoms with Gasteiger partial charge >= 0.3 is 18.2 Å². The molecule has 2 aliphatic heterocycles. The molecule has 2 aromatic rings. The number of methoxy groups -OCH3 is 1. The van der Waals surface area contributed by atoms with Gasteiger partial charge in [-0.15, -0.1) is 0 Å². The van der Waals surface area contributed by atoms with E-state index < -0.39 is 47.2 Å². The molecule has 37 heavy (non-hydrogen) atoms. The first-order chi connectivity index (χ1) is 17.3. The van der Waals surface area contributed by atoms with E-state index in [1.165, 1.54) is 16.9 Å². The molecule has 0 N–H and O–H groups in total. The molecule has 0 aromatic heterocycles. The van der Waals surface area contributed by atoms with Crippen molar-refractivity contribution in [1.82, 2.24) is 4.90 Å². The summed E-state index contributed by atoms with van der Waals surface area (Å²) in [5, 5.41) is 0. The average Bonchev–Trinajstić information content (AvgIpc) is 3.26. The standard InChI is InChI=1S/C28H34N2O7/c1-26(2,3)36-24(32)29-20-16-12-11-15-19(20)28(35-18-13-9-8-10-14-18)17-21(22(31)34-7)30(23(28)29)25(33)37-27(4,5)6/h8-16,21,23H,17H2,1-7H3/t21-,23+,28-/m1/s1. The Labute approximate surface area is 217 Å². The van der Waals surface area contributed by atoms with Crippen LogP contribution in [0.5, 0.6) is 5.75 Å². The summed E-state index contributed by atoms with van der Waals surface area (Å²) in [6.45, 7) is 10.5. The maximum absolute atomic E-state index is 13.7. The van der Waals surface area contributed by atoms with Gasteiger partial charge in [0.1, 0.15) is 23.0 Å². The first-order valence-corrected chi connectivity index (χ1v) is 12.2. The number of hydrogen-bond donors (Lipinski definition) is 0. The van der Waals surface area contributed by atoms with Crippen LogP contribution in [0.4, 0.5) is 15.3 Å². The summed E-state index contributed by atoms with van der Waals surface area (Å²) in [5.74, 6) is -0.124. The van der Waals surface area contributed by atoms with Crippen molar-refractivity contribution >= 4 is 23.8 Å². The van der Waals surface area contributed by atoms with Gasteiger partial charge in [0, 0.05) is 12.0 Å². The molecule has 0 saturated carbocycles. The number of carbonyl (C=O) groups excluding carboxylic acids is 3. The van der Waals surface area contributed by atoms with Gasteiger partial charge in [0.05, 0.1) is 12.8 Å². The average molecular weight is 511 g/mol. The van der Waals surface area contributed by atoms with Crippen LogP contribution in [0.3, 0.4) is 0 Å². The highest BCUT2D eigenvalue weighted by molar-refractivity contribution is 5.95. The summed E-state index contributed by atoms with van der Waals surface area (Å²) in [4.78, 5) is 43.1. The molecule has 0 aliphatic carbocycles. The normalized spacial score (nSPS) is 22.7. The Bertz CT molecular complexity index is 1190. The number of ether oxygens (including phenoxy) is 4. The van der Waals surface area contributed by atoms with E-state index in [1.54, 1.807) is 65.8 Å². The smallest absolute Gasteiger partial charge is 0.416 e. The second kappa shape index (κ2) is 9.28. The maximum Gasteiger partial charge on any atom is 0.416 e. The number of rotatable bonds is 3. The van der Waals surface area contributed by atoms with E-state index in [9.17, 15) is 14.4 Å². The summed E-state index contributed by atoms with van der Waals surface area (Å²) in [7, 11) is 1.26. The van der Waals surface area contributed by atoms with Crippen molar-refractivity contribution in [2.45, 2.75) is 77.0 Å². The van der Waals surface area contributed by atoms with Crippen molar-refractivity contribution in [3.63, 3.8) is 0 Å². The lowest BCUT2D eigenvalue weighted by Gasteiger charge is -2.38. The van der Waals surface area contributed by atoms with Crippen molar-refractivity contribution < 1.29 is 33.3 Å². The van der Waals surface area contributed by atoms with Gasteiger partial charge in [-0.3, -0.25) is 9.80 Å². The molecular weight excluding hydrogens is 476 g/mol. The van der Waals surface area contributed by atoms with Gasteiger partial charge in [-0.05, 0) is 59.7 Å². The van der Waals surface area contributed by atoms with Crippen LogP contribution in [-0.4, -0.2) is 53.6 Å². The first kappa shape index (κ1) is 26.3. The highest BCUT2D eigenvalue weighted by Gasteiger charge is 2.68. The van der Waals surface area contributed by atoms with E-state index in [0.717, 1.165) is 0 Å². The third-order valence-corrected chi connectivity index (χ3v) is 6.09. The lowest BCUT2D eigenvalue weighted by atomic mass is 9.90. The molecule has 2 heterocycles. The third kappa shape index (κ3) is 4.95. The monoisotopic (exact) mass is 510 g/mol. The van der Waals surface area contributed by atoms with E-state index in [1.807, 2.05) is 30.3 Å². The van der Waals surface area contributed by atoms with Crippen molar-refractivity contribution in [3.05, 3.63) is 60.2 Å². The topological polar surface area (TPSA) is 94.6 Å². The number of hydrogen-bond acceptors (Lipinski definition) is 7. The van der Waals surface area contributed by atoms with E-state index >= 15 is 0 Å². The highest BCUT2D eigenvalue weighted by atomic mass is 16.6. The van der Waals surface area contributed by atoms with Crippen LogP contribution >= 0.6 is 0 Å². The predicted octanol–water partition coefficient (Wildman–Crippen LogP) is 5.22. The molecule has 2 aromatic carbocycles. The largest absolute Gasteiger partial charge is 0.478 e. The fourth-order valence-corrected chi connectivity index (χ4v) is 4.87. The van der Waals surface area contributed by atoms with Crippen LogP contribution in [0.25, 0.3) is 0 Å². The predicted molar refractivity (Wildman–Crippen MR) is 136 cm³/mol. The van der Waals surface area contributed by atoms with E-state index in [2.05, 4.69) is 0 Å². The molecule has 0 bridgehead atoms. The minimum absolute atomic E-state index is 0.0365. The Morgan fingerprint density at radius 1 is 0.838 bits per heavy atom. The summed E-state index contributed by atoms with van der Waals surface area (Å²) < 4.78 is 23.2. The lowest BCUT2D eigenvalue weighted by molar-refractivity contribution is -0.146. The Morgan fingerprint density at radius 3 is 2.00 bits per heavy atom. The first-order valence-electron chi connectivity index (χ1n) is 12.2. The Hall–Kier alpha value is -3.75. The van der Waals surface area contributed by atoms with Crippen LogP contribution in [0.2, 0.25) is 0 Å².